The Bertz CT molecular complexity index is 574. The Balaban J connectivity index is 2.26. The molecule has 1 fully saturated rings. The Morgan fingerprint density at radius 2 is 2.15 bits per heavy atom. The van der Waals surface area contributed by atoms with Gasteiger partial charge in [0.05, 0.1) is 12.0 Å². The van der Waals surface area contributed by atoms with E-state index in [0.717, 1.165) is 17.7 Å². The molecule has 0 aromatic heterocycles. The van der Waals surface area contributed by atoms with Gasteiger partial charge in [0.25, 0.3) is 0 Å². The number of carbonyl (C=O) groups is 2. The highest BCUT2D eigenvalue weighted by molar-refractivity contribution is 6.10. The lowest BCUT2D eigenvalue weighted by Gasteiger charge is -2.32. The molecule has 0 radical (unpaired) electrons. The van der Waals surface area contributed by atoms with Crippen LogP contribution in [-0.2, 0) is 9.59 Å². The molecule has 0 bridgehead atoms. The van der Waals surface area contributed by atoms with E-state index in [1.54, 1.807) is 11.8 Å². The lowest BCUT2D eigenvalue weighted by Crippen LogP contribution is -2.45. The van der Waals surface area contributed by atoms with Gasteiger partial charge in [-0.15, -0.1) is 0 Å². The van der Waals surface area contributed by atoms with Crippen LogP contribution in [0.1, 0.15) is 25.3 Å². The zero-order valence-corrected chi connectivity index (χ0v) is 11.8. The number of aryl methyl sites for hydroxylation is 1. The number of para-hydroxylation sites is 1. The van der Waals surface area contributed by atoms with Gasteiger partial charge in [-0.2, -0.15) is 5.26 Å². The van der Waals surface area contributed by atoms with Gasteiger partial charge in [-0.05, 0) is 38.3 Å². The number of benzene rings is 1. The first-order chi connectivity index (χ1) is 9.56. The van der Waals surface area contributed by atoms with Crippen LogP contribution in [-0.4, -0.2) is 18.2 Å². The fraction of sp³-hybridized carbons (Fsp3) is 0.438. The highest BCUT2D eigenvalue weighted by Gasteiger charge is 2.36. The van der Waals surface area contributed by atoms with E-state index >= 15 is 0 Å². The number of piperidine rings is 1. The second-order valence-electron chi connectivity index (χ2n) is 5.22. The highest BCUT2D eigenvalue weighted by Crippen LogP contribution is 2.28. The molecule has 0 unspecified atom stereocenters. The van der Waals surface area contributed by atoms with Gasteiger partial charge in [-0.25, -0.2) is 0 Å². The number of nitriles is 1. The van der Waals surface area contributed by atoms with Gasteiger partial charge in [-0.1, -0.05) is 18.2 Å². The Kier molecular flexibility index (Phi) is 4.19. The van der Waals surface area contributed by atoms with Crippen molar-refractivity contribution in [2.24, 2.45) is 11.8 Å². The number of rotatable bonds is 3. The van der Waals surface area contributed by atoms with Crippen molar-refractivity contribution in [3.63, 3.8) is 0 Å². The van der Waals surface area contributed by atoms with E-state index in [1.807, 2.05) is 37.3 Å². The Morgan fingerprint density at radius 1 is 1.45 bits per heavy atom. The van der Waals surface area contributed by atoms with Gasteiger partial charge < -0.3 is 4.90 Å². The van der Waals surface area contributed by atoms with Crippen molar-refractivity contribution in [3.05, 3.63) is 29.8 Å². The summed E-state index contributed by atoms with van der Waals surface area (Å²) in [6.45, 7) is 4.14. The van der Waals surface area contributed by atoms with Crippen LogP contribution in [0.15, 0.2) is 24.3 Å². The number of hydrogen-bond donors (Lipinski definition) is 0. The van der Waals surface area contributed by atoms with E-state index in [0.29, 0.717) is 13.0 Å². The summed E-state index contributed by atoms with van der Waals surface area (Å²) in [5.74, 6) is -1.81. The topological polar surface area (TPSA) is 61.2 Å². The van der Waals surface area contributed by atoms with Gasteiger partial charge in [0, 0.05) is 12.2 Å². The number of Topliss-reactive ketones (excluding diaryl/α,β-unsaturated/α-hetero) is 1. The Morgan fingerprint density at radius 3 is 2.80 bits per heavy atom. The van der Waals surface area contributed by atoms with Gasteiger partial charge in [0.2, 0.25) is 5.91 Å². The summed E-state index contributed by atoms with van der Waals surface area (Å²) in [7, 11) is 0. The van der Waals surface area contributed by atoms with Crippen molar-refractivity contribution >= 4 is 17.4 Å². The predicted octanol–water partition coefficient (Wildman–Crippen LogP) is 2.47. The van der Waals surface area contributed by atoms with E-state index in [1.165, 1.54) is 0 Å². The van der Waals surface area contributed by atoms with Crippen LogP contribution in [0.5, 0.6) is 0 Å². The van der Waals surface area contributed by atoms with Gasteiger partial charge in [0.1, 0.15) is 5.92 Å². The molecule has 2 atom stereocenters. The number of carbonyl (C=O) groups excluding carboxylic acids is 2. The summed E-state index contributed by atoms with van der Waals surface area (Å²) < 4.78 is 0. The van der Waals surface area contributed by atoms with Crippen LogP contribution in [0, 0.1) is 30.1 Å². The van der Waals surface area contributed by atoms with E-state index in [4.69, 9.17) is 5.26 Å². The third-order valence-corrected chi connectivity index (χ3v) is 3.81. The number of anilines is 1. The smallest absolute Gasteiger partial charge is 0.237 e. The summed E-state index contributed by atoms with van der Waals surface area (Å²) in [4.78, 5) is 26.4. The average molecular weight is 270 g/mol. The normalized spacial score (nSPS) is 20.4. The van der Waals surface area contributed by atoms with Crippen molar-refractivity contribution in [2.75, 3.05) is 11.4 Å². The minimum atomic E-state index is -0.722. The minimum absolute atomic E-state index is 0.169. The maximum absolute atomic E-state index is 12.5. The number of nitrogens with zero attached hydrogens (tertiary/aromatic N) is 2. The van der Waals surface area contributed by atoms with Crippen molar-refractivity contribution in [1.82, 2.24) is 0 Å². The first kappa shape index (κ1) is 14.3. The summed E-state index contributed by atoms with van der Waals surface area (Å²) in [6.07, 6.45) is 1.33. The van der Waals surface area contributed by atoms with Crippen LogP contribution in [0.3, 0.4) is 0 Å². The largest absolute Gasteiger partial charge is 0.312 e. The minimum Gasteiger partial charge on any atom is -0.312 e. The Hall–Kier alpha value is -2.15. The third-order valence-electron chi connectivity index (χ3n) is 3.81. The molecule has 0 spiro atoms. The SMILES string of the molecule is Cc1ccccc1N1CCC[C@H](C(=O)[C@H](C)C#N)C1=O. The van der Waals surface area contributed by atoms with Gasteiger partial charge in [0.15, 0.2) is 5.78 Å². The lowest BCUT2D eigenvalue weighted by molar-refractivity contribution is -0.135. The van der Waals surface area contributed by atoms with E-state index in [9.17, 15) is 9.59 Å². The predicted molar refractivity (Wildman–Crippen MR) is 76.0 cm³/mol. The van der Waals surface area contributed by atoms with Crippen LogP contribution >= 0.6 is 0 Å². The van der Waals surface area contributed by atoms with Crippen LogP contribution in [0.4, 0.5) is 5.69 Å². The number of ketones is 1. The molecule has 0 N–H and O–H groups in total. The van der Waals surface area contributed by atoms with Crippen LogP contribution < -0.4 is 4.90 Å². The maximum Gasteiger partial charge on any atom is 0.237 e. The molecule has 1 aliphatic rings. The van der Waals surface area contributed by atoms with E-state index < -0.39 is 11.8 Å². The zero-order chi connectivity index (χ0) is 14.7. The maximum atomic E-state index is 12.5. The molecular weight excluding hydrogens is 252 g/mol. The molecule has 1 aromatic carbocycles. The molecular formula is C16H18N2O2. The fourth-order valence-electron chi connectivity index (χ4n) is 2.61. The third kappa shape index (κ3) is 2.57. The molecule has 0 aliphatic carbocycles. The van der Waals surface area contributed by atoms with Crippen LogP contribution in [0.2, 0.25) is 0 Å². The van der Waals surface area contributed by atoms with E-state index in [2.05, 4.69) is 0 Å². The summed E-state index contributed by atoms with van der Waals surface area (Å²) >= 11 is 0. The van der Waals surface area contributed by atoms with Crippen molar-refractivity contribution in [3.8, 4) is 6.07 Å². The molecule has 104 valence electrons. The monoisotopic (exact) mass is 270 g/mol. The summed E-state index contributed by atoms with van der Waals surface area (Å²) in [5.41, 5.74) is 1.88. The van der Waals surface area contributed by atoms with E-state index in [-0.39, 0.29) is 11.7 Å². The molecule has 4 nitrogen and oxygen atoms in total. The number of hydrogen-bond acceptors (Lipinski definition) is 3. The zero-order valence-electron chi connectivity index (χ0n) is 11.8. The van der Waals surface area contributed by atoms with Gasteiger partial charge >= 0.3 is 0 Å². The van der Waals surface area contributed by atoms with Crippen molar-refractivity contribution in [1.29, 1.82) is 5.26 Å². The molecule has 0 saturated carbocycles. The van der Waals surface area contributed by atoms with Crippen molar-refractivity contribution in [2.45, 2.75) is 26.7 Å². The molecule has 1 saturated heterocycles. The highest BCUT2D eigenvalue weighted by atomic mass is 16.2. The molecule has 4 heteroatoms. The van der Waals surface area contributed by atoms with Gasteiger partial charge in [-0.3, -0.25) is 9.59 Å². The molecule has 2 rings (SSSR count). The molecule has 1 aliphatic heterocycles. The molecule has 1 aromatic rings. The lowest BCUT2D eigenvalue weighted by atomic mass is 9.87. The quantitative estimate of drug-likeness (QED) is 0.793. The molecule has 20 heavy (non-hydrogen) atoms. The average Bonchev–Trinajstić information content (AvgIpc) is 2.47. The Labute approximate surface area is 119 Å². The first-order valence-corrected chi connectivity index (χ1v) is 6.86. The number of amides is 1. The molecule has 1 amide bonds. The summed E-state index contributed by atoms with van der Waals surface area (Å²) in [6, 6.07) is 9.59. The second kappa shape index (κ2) is 5.87. The second-order valence-corrected chi connectivity index (χ2v) is 5.22. The van der Waals surface area contributed by atoms with Crippen molar-refractivity contribution < 1.29 is 9.59 Å². The molecule has 1 heterocycles. The van der Waals surface area contributed by atoms with Crippen LogP contribution in [0.25, 0.3) is 0 Å². The fourth-order valence-corrected chi connectivity index (χ4v) is 2.61. The first-order valence-electron chi connectivity index (χ1n) is 6.86. The summed E-state index contributed by atoms with van der Waals surface area (Å²) in [5, 5.41) is 8.85. The standard InChI is InChI=1S/C16H18N2O2/c1-11-6-3-4-8-14(11)18-9-5-7-13(16(18)20)15(19)12(2)10-17/h3-4,6,8,12-13H,5,7,9H2,1-2H3/t12-,13-/m1/s1.